The molecule has 0 aromatic carbocycles. The lowest BCUT2D eigenvalue weighted by atomic mass is 10.1. The third-order valence-corrected chi connectivity index (χ3v) is 17.1. The molecule has 2 aliphatic carbocycles. The predicted octanol–water partition coefficient (Wildman–Crippen LogP) is 5.63. The highest BCUT2D eigenvalue weighted by atomic mass is 35.5. The summed E-state index contributed by atoms with van der Waals surface area (Å²) in [5, 5.41) is 15.5. The van der Waals surface area contributed by atoms with Gasteiger partial charge in [0.25, 0.3) is 0 Å². The van der Waals surface area contributed by atoms with Crippen molar-refractivity contribution in [3.63, 3.8) is 0 Å². The standard InChI is InChI=1S/2C22H27ClFN7O5S/c2*1-12(18(34-2)19-25-8-14(23)9-26-19)37(32,33)10-16-29-30-20(13-5-6-15(24)7-13)31(16)17-21(35-3)27-11-28-22(17)36-4/h2*8-9,11-13,15,18H,5-7,10H2,1-4H3/t12-,13+,15+,18-;12-,13-,15-,18-/m00/s1. The Morgan fingerprint density at radius 1 is 0.541 bits per heavy atom. The topological polar surface area (TPSA) is 288 Å². The molecule has 0 bridgehead atoms. The molecule has 6 heterocycles. The Hall–Kier alpha value is -5.94. The van der Waals surface area contributed by atoms with Gasteiger partial charge in [0.2, 0.25) is 23.5 Å². The average molecular weight is 1110 g/mol. The molecule has 0 unspecified atom stereocenters. The van der Waals surface area contributed by atoms with E-state index in [1.54, 1.807) is 0 Å². The second kappa shape index (κ2) is 24.2. The summed E-state index contributed by atoms with van der Waals surface area (Å²) in [5.41, 5.74) is 0.467. The number of hydrogen-bond acceptors (Lipinski definition) is 22. The second-order valence-corrected chi connectivity index (χ2v) is 22.8. The number of sulfone groups is 2. The molecule has 2 aliphatic rings. The summed E-state index contributed by atoms with van der Waals surface area (Å²) in [6, 6.07) is 0. The highest BCUT2D eigenvalue weighted by Crippen LogP contribution is 2.42. The number of nitrogens with zero attached hydrogens (tertiary/aromatic N) is 14. The van der Waals surface area contributed by atoms with E-state index in [4.69, 9.17) is 51.6 Å². The van der Waals surface area contributed by atoms with Gasteiger partial charge < -0.3 is 28.4 Å². The third-order valence-electron chi connectivity index (χ3n) is 12.7. The van der Waals surface area contributed by atoms with Crippen LogP contribution in [0, 0.1) is 0 Å². The highest BCUT2D eigenvalue weighted by Gasteiger charge is 2.40. The summed E-state index contributed by atoms with van der Waals surface area (Å²) in [4.78, 5) is 33.0. The zero-order valence-electron chi connectivity index (χ0n) is 41.4. The van der Waals surface area contributed by atoms with Gasteiger partial charge in [-0.25, -0.2) is 45.6 Å². The fourth-order valence-electron chi connectivity index (χ4n) is 8.81. The summed E-state index contributed by atoms with van der Waals surface area (Å²) >= 11 is 11.7. The van der Waals surface area contributed by atoms with Crippen molar-refractivity contribution < 1.29 is 54.0 Å². The maximum absolute atomic E-state index is 14.1. The SMILES string of the molecule is COc1ncnc(OC)c1-n1c(CS(=O)(=O)[C@@H](C)[C@H](OC)c2ncc(Cl)cn2)nnc1[C@@H]1CC[C@@H](F)C1.COc1ncnc(OC)c1-n1c(CS(=O)(=O)[C@@H](C)[C@H](OC)c2ncc(Cl)cn2)nnc1[C@H]1CC[C@H](F)C1. The minimum Gasteiger partial charge on any atom is -0.479 e. The monoisotopic (exact) mass is 1110 g/mol. The van der Waals surface area contributed by atoms with Crippen molar-refractivity contribution in [3.8, 4) is 34.9 Å². The molecular formula is C44H54Cl2F2N14O10S2. The van der Waals surface area contributed by atoms with Crippen LogP contribution in [0.25, 0.3) is 11.4 Å². The van der Waals surface area contributed by atoms with E-state index in [9.17, 15) is 25.6 Å². The van der Waals surface area contributed by atoms with E-state index in [2.05, 4.69) is 60.3 Å². The summed E-state index contributed by atoms with van der Waals surface area (Å²) in [6.07, 6.45) is 6.35. The molecule has 0 amide bonds. The van der Waals surface area contributed by atoms with Gasteiger partial charge in [0.15, 0.2) is 54.3 Å². The van der Waals surface area contributed by atoms with Gasteiger partial charge in [-0.2, -0.15) is 19.9 Å². The van der Waals surface area contributed by atoms with E-state index in [1.807, 2.05) is 0 Å². The maximum Gasteiger partial charge on any atom is 0.245 e. The van der Waals surface area contributed by atoms with E-state index < -0.39 is 66.2 Å². The molecule has 30 heteroatoms. The Morgan fingerprint density at radius 2 is 0.865 bits per heavy atom. The Kier molecular flexibility index (Phi) is 18.2. The van der Waals surface area contributed by atoms with Crippen LogP contribution in [0.5, 0.6) is 23.5 Å². The van der Waals surface area contributed by atoms with Crippen molar-refractivity contribution in [2.24, 2.45) is 0 Å². The van der Waals surface area contributed by atoms with Crippen LogP contribution in [-0.2, 0) is 40.7 Å². The van der Waals surface area contributed by atoms with Crippen LogP contribution >= 0.6 is 23.2 Å². The van der Waals surface area contributed by atoms with Crippen LogP contribution in [-0.4, -0.2) is 152 Å². The van der Waals surface area contributed by atoms with E-state index in [0.717, 1.165) is 0 Å². The van der Waals surface area contributed by atoms with Crippen LogP contribution in [0.1, 0.15) is 111 Å². The maximum atomic E-state index is 14.1. The first-order valence-corrected chi connectivity index (χ1v) is 27.0. The summed E-state index contributed by atoms with van der Waals surface area (Å²) < 4.78 is 118. The first-order valence-electron chi connectivity index (χ1n) is 22.9. The Balaban J connectivity index is 0.000000216. The normalized spacial score (nSPS) is 19.5. The lowest BCUT2D eigenvalue weighted by molar-refractivity contribution is 0.0947. The van der Waals surface area contributed by atoms with Gasteiger partial charge in [0, 0.05) is 50.8 Å². The molecule has 24 nitrogen and oxygen atoms in total. The fraction of sp³-hybridized carbons (Fsp3) is 0.545. The molecule has 8 atom stereocenters. The van der Waals surface area contributed by atoms with E-state index >= 15 is 0 Å². The van der Waals surface area contributed by atoms with Gasteiger partial charge in [-0.1, -0.05) is 23.2 Å². The molecule has 0 aliphatic heterocycles. The molecule has 6 aromatic heterocycles. The summed E-state index contributed by atoms with van der Waals surface area (Å²) in [5.74, 6) is 0.112. The zero-order valence-corrected chi connectivity index (χ0v) is 44.6. The van der Waals surface area contributed by atoms with Crippen molar-refractivity contribution in [1.29, 1.82) is 0 Å². The molecule has 8 rings (SSSR count). The minimum absolute atomic E-state index is 0.0717. The van der Waals surface area contributed by atoms with E-state index in [-0.39, 0.29) is 82.9 Å². The average Bonchev–Trinajstić information content (AvgIpc) is 4.22. The lowest BCUT2D eigenvalue weighted by Crippen LogP contribution is -2.30. The van der Waals surface area contributed by atoms with Gasteiger partial charge in [-0.15, -0.1) is 20.4 Å². The molecule has 0 spiro atoms. The second-order valence-electron chi connectivity index (χ2n) is 17.2. The minimum atomic E-state index is -3.93. The highest BCUT2D eigenvalue weighted by molar-refractivity contribution is 7.91. The molecule has 0 saturated heterocycles. The number of methoxy groups -OCH3 is 6. The lowest BCUT2D eigenvalue weighted by Gasteiger charge is -2.22. The third kappa shape index (κ3) is 12.1. The van der Waals surface area contributed by atoms with Crippen molar-refractivity contribution in [3.05, 3.63) is 82.4 Å². The molecule has 2 fully saturated rings. The molecule has 74 heavy (non-hydrogen) atoms. The van der Waals surface area contributed by atoms with Crippen molar-refractivity contribution >= 4 is 42.9 Å². The Morgan fingerprint density at radius 3 is 1.14 bits per heavy atom. The molecule has 400 valence electrons. The zero-order chi connectivity index (χ0) is 53.5. The van der Waals surface area contributed by atoms with E-state index in [0.29, 0.717) is 47.4 Å². The van der Waals surface area contributed by atoms with Crippen molar-refractivity contribution in [2.75, 3.05) is 42.7 Å². The Bertz CT molecular complexity index is 2840. The van der Waals surface area contributed by atoms with Crippen LogP contribution in [0.2, 0.25) is 10.0 Å². The molecule has 6 aromatic rings. The van der Waals surface area contributed by atoms with Gasteiger partial charge in [0.05, 0.1) is 49.0 Å². The molecule has 2 saturated carbocycles. The van der Waals surface area contributed by atoms with Crippen molar-refractivity contribution in [1.82, 2.24) is 69.4 Å². The number of aromatic nitrogens is 14. The Labute approximate surface area is 435 Å². The van der Waals surface area contributed by atoms with Gasteiger partial charge in [0.1, 0.15) is 60.4 Å². The van der Waals surface area contributed by atoms with Crippen LogP contribution < -0.4 is 18.9 Å². The number of halogens is 4. The molecule has 0 N–H and O–H groups in total. The number of rotatable bonds is 20. The van der Waals surface area contributed by atoms with Crippen molar-refractivity contribution in [2.45, 2.75) is 111 Å². The number of hydrogen-bond donors (Lipinski definition) is 0. The van der Waals surface area contributed by atoms with Gasteiger partial charge in [-0.3, -0.25) is 9.13 Å². The first-order chi connectivity index (χ1) is 35.4. The summed E-state index contributed by atoms with van der Waals surface area (Å²) in [7, 11) is 0.539. The predicted molar refractivity (Wildman–Crippen MR) is 261 cm³/mol. The van der Waals surface area contributed by atoms with Gasteiger partial charge >= 0.3 is 0 Å². The molecule has 0 radical (unpaired) electrons. The first kappa shape index (κ1) is 55.8. The number of alkyl halides is 2. The smallest absolute Gasteiger partial charge is 0.245 e. The van der Waals surface area contributed by atoms with Crippen LogP contribution in [0.3, 0.4) is 0 Å². The molecular weight excluding hydrogens is 1060 g/mol. The van der Waals surface area contributed by atoms with Crippen LogP contribution in [0.15, 0.2) is 37.4 Å². The summed E-state index contributed by atoms with van der Waals surface area (Å²) in [6.45, 7) is 3.00. The van der Waals surface area contributed by atoms with Gasteiger partial charge in [-0.05, 0) is 52.4 Å². The fourth-order valence-corrected chi connectivity index (χ4v) is 11.8. The quantitative estimate of drug-likeness (QED) is 0.0895. The number of ether oxygens (including phenoxy) is 6. The van der Waals surface area contributed by atoms with Crippen LogP contribution in [0.4, 0.5) is 8.78 Å². The largest absolute Gasteiger partial charge is 0.479 e. The van der Waals surface area contributed by atoms with E-state index in [1.165, 1.54) is 103 Å².